The van der Waals surface area contributed by atoms with Crippen molar-refractivity contribution in [2.24, 2.45) is 0 Å². The van der Waals surface area contributed by atoms with Crippen LogP contribution in [0.1, 0.15) is 31.6 Å². The molecule has 0 aliphatic carbocycles. The monoisotopic (exact) mass is 385 g/mol. The zero-order valence-corrected chi connectivity index (χ0v) is 17.4. The number of rotatable bonds is 4. The van der Waals surface area contributed by atoms with Crippen molar-refractivity contribution in [3.63, 3.8) is 0 Å². The predicted octanol–water partition coefficient (Wildman–Crippen LogP) is 5.63. The van der Waals surface area contributed by atoms with Crippen LogP contribution in [0.4, 0.5) is 11.4 Å². The molecule has 26 heavy (non-hydrogen) atoms. The first-order valence-corrected chi connectivity index (χ1v) is 11.1. The second-order valence-corrected chi connectivity index (χ2v) is 9.80. The lowest BCUT2D eigenvalue weighted by Gasteiger charge is -2.37. The molecule has 0 spiro atoms. The first-order valence-electron chi connectivity index (χ1n) is 9.44. The largest absolute Gasteiger partial charge is 0.354 e. The van der Waals surface area contributed by atoms with Crippen LogP contribution >= 0.6 is 23.7 Å². The molecule has 2 aliphatic heterocycles. The van der Waals surface area contributed by atoms with Crippen LogP contribution in [0.3, 0.4) is 0 Å². The average Bonchev–Trinajstić information content (AvgIpc) is 2.66. The zero-order chi connectivity index (χ0) is 18.1. The van der Waals surface area contributed by atoms with Crippen molar-refractivity contribution in [1.29, 1.82) is 0 Å². The molecule has 2 aromatic carbocycles. The molecule has 0 radical (unpaired) electrons. The topological polar surface area (TPSA) is 18.5 Å². The van der Waals surface area contributed by atoms with Gasteiger partial charge in [-0.1, -0.05) is 41.9 Å². The van der Waals surface area contributed by atoms with Gasteiger partial charge in [0.15, 0.2) is 0 Å². The zero-order valence-electron chi connectivity index (χ0n) is 15.7. The molecule has 0 saturated carbocycles. The van der Waals surface area contributed by atoms with Crippen molar-refractivity contribution in [1.82, 2.24) is 9.21 Å². The van der Waals surface area contributed by atoms with Gasteiger partial charge in [0.2, 0.25) is 0 Å². The van der Waals surface area contributed by atoms with Crippen molar-refractivity contribution in [3.8, 4) is 0 Å². The molecular formula is C21H27N3S2. The van der Waals surface area contributed by atoms with Crippen molar-refractivity contribution in [2.45, 2.75) is 41.9 Å². The first-order chi connectivity index (χ1) is 12.6. The van der Waals surface area contributed by atoms with E-state index in [9.17, 15) is 0 Å². The van der Waals surface area contributed by atoms with E-state index in [2.05, 4.69) is 77.8 Å². The number of hydrogen-bond acceptors (Lipinski definition) is 5. The fraction of sp³-hybridized carbons (Fsp3) is 0.429. The number of nitrogens with one attached hydrogen (secondary N) is 1. The molecule has 2 aromatic rings. The van der Waals surface area contributed by atoms with E-state index in [1.807, 2.05) is 23.7 Å². The van der Waals surface area contributed by atoms with Gasteiger partial charge in [0.1, 0.15) is 0 Å². The summed E-state index contributed by atoms with van der Waals surface area (Å²) >= 11 is 3.85. The highest BCUT2D eigenvalue weighted by molar-refractivity contribution is 7.99. The van der Waals surface area contributed by atoms with Crippen LogP contribution in [0.5, 0.6) is 0 Å². The smallest absolute Gasteiger partial charge is 0.0529 e. The molecule has 4 rings (SSSR count). The number of nitrogens with zero attached hydrogens (tertiary/aromatic N) is 2. The van der Waals surface area contributed by atoms with Crippen LogP contribution in [0.2, 0.25) is 0 Å². The Morgan fingerprint density at radius 3 is 2.42 bits per heavy atom. The Hall–Kier alpha value is -1.14. The van der Waals surface area contributed by atoms with Gasteiger partial charge in [0.25, 0.3) is 0 Å². The van der Waals surface area contributed by atoms with Crippen LogP contribution in [0.25, 0.3) is 0 Å². The van der Waals surface area contributed by atoms with E-state index in [4.69, 9.17) is 0 Å². The predicted molar refractivity (Wildman–Crippen MR) is 115 cm³/mol. The van der Waals surface area contributed by atoms with Gasteiger partial charge in [-0.25, -0.2) is 4.31 Å². The molecule has 2 aliphatic rings. The summed E-state index contributed by atoms with van der Waals surface area (Å²) in [7, 11) is 0. The molecule has 0 bridgehead atoms. The minimum absolute atomic E-state index is 0.467. The highest BCUT2D eigenvalue weighted by atomic mass is 32.2. The number of benzene rings is 2. The number of para-hydroxylation sites is 1. The third kappa shape index (κ3) is 3.91. The number of piperazine rings is 1. The Morgan fingerprint density at radius 1 is 0.923 bits per heavy atom. The Bertz CT molecular complexity index is 770. The standard InChI is InChI=1S/C21H27N3S2/c1-15(2)23-10-12-24(13-11-23)26-16(3)17-8-9-21-19(14-17)22-18-6-4-5-7-20(18)25-21/h4-9,14-16,22H,10-13H2,1-3H3. The SMILES string of the molecule is CC(SN1CCN(C(C)C)CC1)c1ccc2c(c1)Nc1ccccc1S2. The average molecular weight is 386 g/mol. The lowest BCUT2D eigenvalue weighted by molar-refractivity contribution is 0.160. The van der Waals surface area contributed by atoms with Crippen molar-refractivity contribution in [2.75, 3.05) is 31.5 Å². The van der Waals surface area contributed by atoms with Crippen molar-refractivity contribution in [3.05, 3.63) is 48.0 Å². The molecule has 1 fully saturated rings. The molecule has 2 heterocycles. The molecular weight excluding hydrogens is 358 g/mol. The molecule has 5 heteroatoms. The molecule has 1 atom stereocenters. The summed E-state index contributed by atoms with van der Waals surface area (Å²) in [6.45, 7) is 11.6. The fourth-order valence-corrected chi connectivity index (χ4v) is 5.58. The summed E-state index contributed by atoms with van der Waals surface area (Å²) in [4.78, 5) is 5.19. The fourth-order valence-electron chi connectivity index (χ4n) is 3.52. The van der Waals surface area contributed by atoms with Crippen LogP contribution < -0.4 is 5.32 Å². The summed E-state index contributed by atoms with van der Waals surface area (Å²) in [6.07, 6.45) is 0. The van der Waals surface area contributed by atoms with Gasteiger partial charge < -0.3 is 5.32 Å². The molecule has 138 valence electrons. The van der Waals surface area contributed by atoms with E-state index >= 15 is 0 Å². The molecule has 1 saturated heterocycles. The maximum atomic E-state index is 3.61. The van der Waals surface area contributed by atoms with Crippen LogP contribution in [0.15, 0.2) is 52.3 Å². The molecule has 3 nitrogen and oxygen atoms in total. The first kappa shape index (κ1) is 18.2. The second-order valence-electron chi connectivity index (χ2n) is 7.29. The van der Waals surface area contributed by atoms with Crippen LogP contribution in [0, 0.1) is 0 Å². The maximum absolute atomic E-state index is 3.61. The lowest BCUT2D eigenvalue weighted by Crippen LogP contribution is -2.46. The van der Waals surface area contributed by atoms with Gasteiger partial charge in [-0.05, 0) is 50.6 Å². The van der Waals surface area contributed by atoms with Gasteiger partial charge >= 0.3 is 0 Å². The second kappa shape index (κ2) is 7.85. The summed E-state index contributed by atoms with van der Waals surface area (Å²) < 4.78 is 2.54. The number of fused-ring (bicyclic) bond motifs is 2. The van der Waals surface area contributed by atoms with Gasteiger partial charge in [-0.15, -0.1) is 0 Å². The van der Waals surface area contributed by atoms with Crippen molar-refractivity contribution >= 4 is 35.1 Å². The maximum Gasteiger partial charge on any atom is 0.0529 e. The van der Waals surface area contributed by atoms with Crippen LogP contribution in [-0.4, -0.2) is 41.4 Å². The Labute approximate surface area is 165 Å². The third-order valence-corrected chi connectivity index (χ3v) is 7.56. The van der Waals surface area contributed by atoms with E-state index in [0.29, 0.717) is 11.3 Å². The Balaban J connectivity index is 1.41. The lowest BCUT2D eigenvalue weighted by atomic mass is 10.1. The van der Waals surface area contributed by atoms with Gasteiger partial charge in [0, 0.05) is 47.3 Å². The molecule has 0 amide bonds. The van der Waals surface area contributed by atoms with E-state index in [-0.39, 0.29) is 0 Å². The van der Waals surface area contributed by atoms with E-state index in [1.54, 1.807) is 0 Å². The summed E-state index contributed by atoms with van der Waals surface area (Å²) in [5.74, 6) is 0. The van der Waals surface area contributed by atoms with E-state index < -0.39 is 0 Å². The Morgan fingerprint density at radius 2 is 1.65 bits per heavy atom. The summed E-state index contributed by atoms with van der Waals surface area (Å²) in [5, 5.41) is 4.07. The highest BCUT2D eigenvalue weighted by Gasteiger charge is 2.22. The van der Waals surface area contributed by atoms with Gasteiger partial charge in [-0.2, -0.15) is 0 Å². The van der Waals surface area contributed by atoms with E-state index in [0.717, 1.165) is 13.1 Å². The van der Waals surface area contributed by atoms with E-state index in [1.165, 1.54) is 39.8 Å². The molecule has 0 aromatic heterocycles. The van der Waals surface area contributed by atoms with Gasteiger partial charge in [0.05, 0.1) is 11.4 Å². The minimum atomic E-state index is 0.467. The number of hydrogen-bond donors (Lipinski definition) is 1. The third-order valence-electron chi connectivity index (χ3n) is 5.16. The quantitative estimate of drug-likeness (QED) is 0.585. The molecule has 1 unspecified atom stereocenters. The summed E-state index contributed by atoms with van der Waals surface area (Å²) in [6, 6.07) is 16.1. The van der Waals surface area contributed by atoms with Crippen molar-refractivity contribution < 1.29 is 0 Å². The minimum Gasteiger partial charge on any atom is -0.354 e. The Kier molecular flexibility index (Phi) is 5.50. The molecule has 1 N–H and O–H groups in total. The highest BCUT2D eigenvalue weighted by Crippen LogP contribution is 2.45. The summed E-state index contributed by atoms with van der Waals surface area (Å²) in [5.41, 5.74) is 3.85. The van der Waals surface area contributed by atoms with Crippen LogP contribution in [-0.2, 0) is 0 Å². The number of anilines is 2. The van der Waals surface area contributed by atoms with Gasteiger partial charge in [-0.3, -0.25) is 4.90 Å². The normalized spacial score (nSPS) is 18.9.